The van der Waals surface area contributed by atoms with E-state index in [-0.39, 0.29) is 24.0 Å². The maximum atomic E-state index is 11.5. The van der Waals surface area contributed by atoms with Crippen molar-refractivity contribution in [2.24, 2.45) is 11.8 Å². The van der Waals surface area contributed by atoms with Crippen molar-refractivity contribution in [1.29, 1.82) is 0 Å². The van der Waals surface area contributed by atoms with Crippen LogP contribution in [0.3, 0.4) is 0 Å². The minimum atomic E-state index is -1.02. The van der Waals surface area contributed by atoms with E-state index < -0.39 is 30.4 Å². The van der Waals surface area contributed by atoms with Crippen molar-refractivity contribution in [1.82, 2.24) is 0 Å². The molecular weight excluding hydrogens is 340 g/mol. The van der Waals surface area contributed by atoms with E-state index >= 15 is 0 Å². The summed E-state index contributed by atoms with van der Waals surface area (Å²) in [4.78, 5) is 11.5. The number of rotatable bonds is 8. The van der Waals surface area contributed by atoms with E-state index in [0.29, 0.717) is 26.1 Å². The van der Waals surface area contributed by atoms with Gasteiger partial charge in [-0.25, -0.2) is 4.79 Å². The third kappa shape index (κ3) is 5.50. The number of hydrogen-bond acceptors (Lipinski definition) is 7. The number of ether oxygens (including phenoxy) is 3. The van der Waals surface area contributed by atoms with Gasteiger partial charge < -0.3 is 29.5 Å². The van der Waals surface area contributed by atoms with Gasteiger partial charge in [-0.3, -0.25) is 0 Å². The summed E-state index contributed by atoms with van der Waals surface area (Å²) < 4.78 is 16.2. The summed E-state index contributed by atoms with van der Waals surface area (Å²) in [6.45, 7) is 7.82. The number of carbonyl (C=O) groups is 1. The first-order valence-electron chi connectivity index (χ1n) is 9.39. The Kier molecular flexibility index (Phi) is 7.61. The van der Waals surface area contributed by atoms with Gasteiger partial charge in [-0.2, -0.15) is 0 Å². The van der Waals surface area contributed by atoms with Gasteiger partial charge in [0.05, 0.1) is 43.7 Å². The second-order valence-electron chi connectivity index (χ2n) is 7.53. The summed E-state index contributed by atoms with van der Waals surface area (Å²) in [5.74, 6) is -0.598. The fraction of sp³-hybridized carbons (Fsp3) is 0.842. The summed E-state index contributed by atoms with van der Waals surface area (Å²) >= 11 is 0. The van der Waals surface area contributed by atoms with Gasteiger partial charge in [-0.05, 0) is 33.6 Å². The molecule has 7 heteroatoms. The molecule has 0 bridgehead atoms. The number of hydrogen-bond donors (Lipinski definition) is 3. The van der Waals surface area contributed by atoms with Crippen molar-refractivity contribution in [3.8, 4) is 0 Å². The second-order valence-corrected chi connectivity index (χ2v) is 7.53. The maximum absolute atomic E-state index is 11.5. The highest BCUT2D eigenvalue weighted by molar-refractivity contribution is 5.82. The van der Waals surface area contributed by atoms with E-state index in [2.05, 4.69) is 0 Å². The highest BCUT2D eigenvalue weighted by Gasteiger charge is 2.48. The van der Waals surface area contributed by atoms with Crippen LogP contribution in [0.2, 0.25) is 0 Å². The van der Waals surface area contributed by atoms with Crippen LogP contribution in [-0.2, 0) is 19.0 Å². The third-order valence-corrected chi connectivity index (χ3v) is 5.35. The lowest BCUT2D eigenvalue weighted by Crippen LogP contribution is -2.50. The van der Waals surface area contributed by atoms with Gasteiger partial charge in [-0.1, -0.05) is 12.5 Å². The molecule has 0 aliphatic carbocycles. The molecular formula is C19H32O7. The fourth-order valence-corrected chi connectivity index (χ4v) is 3.47. The number of aliphatic hydroxyl groups excluding tert-OH is 3. The first-order chi connectivity index (χ1) is 12.2. The number of carbonyl (C=O) groups excluding carboxylic acids is 1. The summed E-state index contributed by atoms with van der Waals surface area (Å²) in [6, 6.07) is 0. The smallest absolute Gasteiger partial charge is 0.330 e. The normalized spacial score (nSPS) is 37.1. The monoisotopic (exact) mass is 372 g/mol. The minimum Gasteiger partial charge on any atom is -0.463 e. The molecule has 0 radical (unpaired) electrons. The molecule has 2 fully saturated rings. The van der Waals surface area contributed by atoms with Gasteiger partial charge >= 0.3 is 5.97 Å². The maximum Gasteiger partial charge on any atom is 0.330 e. The molecule has 0 aromatic rings. The minimum absolute atomic E-state index is 0.00757. The van der Waals surface area contributed by atoms with E-state index in [9.17, 15) is 20.1 Å². The average molecular weight is 372 g/mol. The number of epoxide rings is 1. The SMILES string of the molecule is CCOC(=O)C=C(C)CC1OCC(CC2OC2C(C)C(C)O)C(O)C1O. The Balaban J connectivity index is 1.83. The van der Waals surface area contributed by atoms with Gasteiger partial charge in [0.25, 0.3) is 0 Å². The number of esters is 1. The van der Waals surface area contributed by atoms with E-state index in [4.69, 9.17) is 14.2 Å². The molecule has 0 amide bonds. The predicted molar refractivity (Wildman–Crippen MR) is 94.4 cm³/mol. The van der Waals surface area contributed by atoms with Crippen LogP contribution in [0.5, 0.6) is 0 Å². The first kappa shape index (κ1) is 21.3. The van der Waals surface area contributed by atoms with Gasteiger partial charge in [0.15, 0.2) is 0 Å². The van der Waals surface area contributed by atoms with Crippen molar-refractivity contribution in [2.45, 2.75) is 77.2 Å². The molecule has 8 atom stereocenters. The molecule has 0 aromatic heterocycles. The molecule has 7 nitrogen and oxygen atoms in total. The molecule has 0 saturated carbocycles. The Labute approximate surface area is 154 Å². The Morgan fingerprint density at radius 2 is 1.96 bits per heavy atom. The molecule has 2 saturated heterocycles. The van der Waals surface area contributed by atoms with Crippen LogP contribution in [0, 0.1) is 11.8 Å². The molecule has 26 heavy (non-hydrogen) atoms. The lowest BCUT2D eigenvalue weighted by Gasteiger charge is -2.38. The van der Waals surface area contributed by atoms with Crippen LogP contribution in [0.15, 0.2) is 11.6 Å². The lowest BCUT2D eigenvalue weighted by atomic mass is 9.85. The van der Waals surface area contributed by atoms with Crippen molar-refractivity contribution in [3.05, 3.63) is 11.6 Å². The Morgan fingerprint density at radius 1 is 1.27 bits per heavy atom. The molecule has 2 heterocycles. The summed E-state index contributed by atoms with van der Waals surface area (Å²) in [5.41, 5.74) is 0.731. The Hall–Kier alpha value is -0.990. The Bertz CT molecular complexity index is 504. The molecule has 2 rings (SSSR count). The lowest BCUT2D eigenvalue weighted by molar-refractivity contribution is -0.165. The van der Waals surface area contributed by atoms with Crippen LogP contribution in [0.4, 0.5) is 0 Å². The molecule has 8 unspecified atom stereocenters. The van der Waals surface area contributed by atoms with Crippen molar-refractivity contribution >= 4 is 5.97 Å². The van der Waals surface area contributed by atoms with Crippen molar-refractivity contribution < 1.29 is 34.3 Å². The summed E-state index contributed by atoms with van der Waals surface area (Å²) in [6.07, 6.45) is -0.625. The van der Waals surface area contributed by atoms with Crippen molar-refractivity contribution in [2.75, 3.05) is 13.2 Å². The second kappa shape index (κ2) is 9.28. The molecule has 2 aliphatic heterocycles. The van der Waals surface area contributed by atoms with Crippen LogP contribution in [0.25, 0.3) is 0 Å². The standard InChI is InChI=1S/C19H32O7/c1-5-24-16(21)7-10(2)6-14-18(23)17(22)13(9-25-14)8-15-19(26-15)11(3)12(4)20/h7,11-15,17-20,22-23H,5-6,8-9H2,1-4H3. The zero-order valence-corrected chi connectivity index (χ0v) is 16.0. The Morgan fingerprint density at radius 3 is 2.58 bits per heavy atom. The van der Waals surface area contributed by atoms with E-state index in [1.807, 2.05) is 6.92 Å². The van der Waals surface area contributed by atoms with Crippen LogP contribution >= 0.6 is 0 Å². The van der Waals surface area contributed by atoms with Gasteiger partial charge in [0, 0.05) is 17.9 Å². The van der Waals surface area contributed by atoms with Gasteiger partial charge in [0.2, 0.25) is 0 Å². The molecule has 0 spiro atoms. The zero-order chi connectivity index (χ0) is 19.4. The highest BCUT2D eigenvalue weighted by atomic mass is 16.6. The average Bonchev–Trinajstić information content (AvgIpc) is 3.33. The third-order valence-electron chi connectivity index (χ3n) is 5.35. The summed E-state index contributed by atoms with van der Waals surface area (Å²) in [5, 5.41) is 30.5. The van der Waals surface area contributed by atoms with E-state index in [1.165, 1.54) is 6.08 Å². The van der Waals surface area contributed by atoms with Crippen molar-refractivity contribution in [3.63, 3.8) is 0 Å². The highest BCUT2D eigenvalue weighted by Crippen LogP contribution is 2.38. The van der Waals surface area contributed by atoms with E-state index in [0.717, 1.165) is 5.57 Å². The zero-order valence-electron chi connectivity index (χ0n) is 16.0. The molecule has 150 valence electrons. The largest absolute Gasteiger partial charge is 0.463 e. The molecule has 0 aromatic carbocycles. The van der Waals surface area contributed by atoms with E-state index in [1.54, 1.807) is 20.8 Å². The predicted octanol–water partition coefficient (Wildman–Crippen LogP) is 0.797. The first-order valence-corrected chi connectivity index (χ1v) is 9.39. The van der Waals surface area contributed by atoms with Gasteiger partial charge in [0.1, 0.15) is 6.10 Å². The van der Waals surface area contributed by atoms with Crippen LogP contribution < -0.4 is 0 Å². The molecule has 2 aliphatic rings. The van der Waals surface area contributed by atoms with Crippen LogP contribution in [0.1, 0.15) is 40.5 Å². The number of aliphatic hydroxyl groups is 3. The summed E-state index contributed by atoms with van der Waals surface area (Å²) in [7, 11) is 0. The molecule has 3 N–H and O–H groups in total. The topological polar surface area (TPSA) is 109 Å². The van der Waals surface area contributed by atoms with Gasteiger partial charge in [-0.15, -0.1) is 0 Å². The quantitative estimate of drug-likeness (QED) is 0.328. The fourth-order valence-electron chi connectivity index (χ4n) is 3.47. The van der Waals surface area contributed by atoms with Crippen LogP contribution in [-0.4, -0.2) is 71.1 Å².